The first-order valence-electron chi connectivity index (χ1n) is 5.89. The van der Waals surface area contributed by atoms with Gasteiger partial charge in [0.05, 0.1) is 11.6 Å². The Bertz CT molecular complexity index is 605. The quantitative estimate of drug-likeness (QED) is 0.898. The van der Waals surface area contributed by atoms with Crippen molar-refractivity contribution in [3.8, 4) is 6.07 Å². The van der Waals surface area contributed by atoms with Gasteiger partial charge in [0.15, 0.2) is 11.6 Å². The summed E-state index contributed by atoms with van der Waals surface area (Å²) in [5.74, 6) is -1.56. The fraction of sp³-hybridized carbons (Fsp3) is 0.133. The van der Waals surface area contributed by atoms with Gasteiger partial charge < -0.3 is 5.32 Å². The number of benzene rings is 2. The van der Waals surface area contributed by atoms with Gasteiger partial charge in [-0.05, 0) is 36.2 Å². The highest BCUT2D eigenvalue weighted by molar-refractivity contribution is 5.62. The molecule has 0 atom stereocenters. The SMILES string of the molecule is CCc1ccc(Nc2c(F)cc(C#N)cc2F)cc1. The predicted octanol–water partition coefficient (Wildman–Crippen LogP) is 4.14. The second kappa shape index (κ2) is 5.49. The minimum absolute atomic E-state index is 0.0399. The maximum Gasteiger partial charge on any atom is 0.150 e. The Morgan fingerprint density at radius 2 is 1.68 bits per heavy atom. The molecule has 0 unspecified atom stereocenters. The van der Waals surface area contributed by atoms with Gasteiger partial charge in [0.2, 0.25) is 0 Å². The first kappa shape index (κ1) is 13.0. The molecule has 0 aliphatic carbocycles. The van der Waals surface area contributed by atoms with E-state index in [9.17, 15) is 8.78 Å². The Hall–Kier alpha value is -2.41. The number of halogens is 2. The summed E-state index contributed by atoms with van der Waals surface area (Å²) in [7, 11) is 0. The van der Waals surface area contributed by atoms with Crippen LogP contribution in [0.25, 0.3) is 0 Å². The Morgan fingerprint density at radius 3 is 2.16 bits per heavy atom. The lowest BCUT2D eigenvalue weighted by Gasteiger charge is -2.09. The molecule has 19 heavy (non-hydrogen) atoms. The molecule has 0 fully saturated rings. The number of nitriles is 1. The van der Waals surface area contributed by atoms with Gasteiger partial charge in [-0.1, -0.05) is 19.1 Å². The molecule has 2 aromatic carbocycles. The van der Waals surface area contributed by atoms with Crippen LogP contribution in [0.15, 0.2) is 36.4 Å². The van der Waals surface area contributed by atoms with E-state index in [2.05, 4.69) is 5.32 Å². The lowest BCUT2D eigenvalue weighted by molar-refractivity contribution is 0.590. The molecule has 0 spiro atoms. The topological polar surface area (TPSA) is 35.8 Å². The number of aryl methyl sites for hydroxylation is 1. The monoisotopic (exact) mass is 258 g/mol. The zero-order chi connectivity index (χ0) is 13.8. The second-order valence-corrected chi connectivity index (χ2v) is 4.10. The Balaban J connectivity index is 2.30. The number of nitrogens with zero attached hydrogens (tertiary/aromatic N) is 1. The molecule has 0 amide bonds. The summed E-state index contributed by atoms with van der Waals surface area (Å²) < 4.78 is 27.4. The summed E-state index contributed by atoms with van der Waals surface area (Å²) in [6.45, 7) is 2.03. The Morgan fingerprint density at radius 1 is 1.11 bits per heavy atom. The third-order valence-corrected chi connectivity index (χ3v) is 2.80. The summed E-state index contributed by atoms with van der Waals surface area (Å²) in [5.41, 5.74) is 1.45. The van der Waals surface area contributed by atoms with Crippen LogP contribution in [0, 0.1) is 23.0 Å². The highest BCUT2D eigenvalue weighted by Gasteiger charge is 2.11. The zero-order valence-corrected chi connectivity index (χ0v) is 10.4. The summed E-state index contributed by atoms with van der Waals surface area (Å²) in [4.78, 5) is 0. The molecule has 0 heterocycles. The molecule has 1 N–H and O–H groups in total. The lowest BCUT2D eigenvalue weighted by atomic mass is 10.1. The molecule has 2 aromatic rings. The minimum atomic E-state index is -0.781. The van der Waals surface area contributed by atoms with Gasteiger partial charge in [0, 0.05) is 5.69 Å². The van der Waals surface area contributed by atoms with Crippen molar-refractivity contribution in [1.82, 2.24) is 0 Å². The van der Waals surface area contributed by atoms with Gasteiger partial charge >= 0.3 is 0 Å². The van der Waals surface area contributed by atoms with Crippen LogP contribution in [0.5, 0.6) is 0 Å². The van der Waals surface area contributed by atoms with Crippen molar-refractivity contribution in [3.63, 3.8) is 0 Å². The third kappa shape index (κ3) is 2.89. The van der Waals surface area contributed by atoms with Crippen LogP contribution < -0.4 is 5.32 Å². The van der Waals surface area contributed by atoms with E-state index in [1.165, 1.54) is 0 Å². The number of hydrogen-bond acceptors (Lipinski definition) is 2. The molecule has 4 heteroatoms. The molecule has 2 rings (SSSR count). The van der Waals surface area contributed by atoms with E-state index >= 15 is 0 Å². The highest BCUT2D eigenvalue weighted by atomic mass is 19.1. The molecule has 0 saturated heterocycles. The van der Waals surface area contributed by atoms with Crippen LogP contribution in [0.4, 0.5) is 20.2 Å². The maximum absolute atomic E-state index is 13.7. The van der Waals surface area contributed by atoms with Crippen LogP contribution in [0.2, 0.25) is 0 Å². The minimum Gasteiger partial charge on any atom is -0.351 e. The summed E-state index contributed by atoms with van der Waals surface area (Å²) in [6, 6.07) is 11.0. The lowest BCUT2D eigenvalue weighted by Crippen LogP contribution is -1.98. The van der Waals surface area contributed by atoms with Gasteiger partial charge in [-0.15, -0.1) is 0 Å². The van der Waals surface area contributed by atoms with E-state index in [0.29, 0.717) is 5.69 Å². The fourth-order valence-electron chi connectivity index (χ4n) is 1.73. The van der Waals surface area contributed by atoms with E-state index in [4.69, 9.17) is 5.26 Å². The van der Waals surface area contributed by atoms with Crippen LogP contribution >= 0.6 is 0 Å². The Labute approximate surface area is 110 Å². The average molecular weight is 258 g/mol. The van der Waals surface area contributed by atoms with Crippen molar-refractivity contribution < 1.29 is 8.78 Å². The Kier molecular flexibility index (Phi) is 3.76. The molecular weight excluding hydrogens is 246 g/mol. The summed E-state index contributed by atoms with van der Waals surface area (Å²) in [6.07, 6.45) is 0.903. The summed E-state index contributed by atoms with van der Waals surface area (Å²) >= 11 is 0. The normalized spacial score (nSPS) is 10.0. The van der Waals surface area contributed by atoms with Crippen LogP contribution in [-0.2, 0) is 6.42 Å². The predicted molar refractivity (Wildman–Crippen MR) is 70.2 cm³/mol. The third-order valence-electron chi connectivity index (χ3n) is 2.80. The van der Waals surface area contributed by atoms with Gasteiger partial charge in [0.25, 0.3) is 0 Å². The van der Waals surface area contributed by atoms with Gasteiger partial charge in [0.1, 0.15) is 5.69 Å². The molecule has 0 aliphatic heterocycles. The average Bonchev–Trinajstić information content (AvgIpc) is 2.43. The maximum atomic E-state index is 13.7. The van der Waals surface area contributed by atoms with E-state index in [1.807, 2.05) is 19.1 Å². The highest BCUT2D eigenvalue weighted by Crippen LogP contribution is 2.24. The van der Waals surface area contributed by atoms with Crippen molar-refractivity contribution in [2.45, 2.75) is 13.3 Å². The number of rotatable bonds is 3. The largest absolute Gasteiger partial charge is 0.351 e. The fourth-order valence-corrected chi connectivity index (χ4v) is 1.73. The molecule has 0 radical (unpaired) electrons. The van der Waals surface area contributed by atoms with Crippen molar-refractivity contribution in [2.75, 3.05) is 5.32 Å². The van der Waals surface area contributed by atoms with Crippen molar-refractivity contribution >= 4 is 11.4 Å². The van der Waals surface area contributed by atoms with Crippen molar-refractivity contribution in [1.29, 1.82) is 5.26 Å². The van der Waals surface area contributed by atoms with Gasteiger partial charge in [-0.2, -0.15) is 5.26 Å². The number of hydrogen-bond donors (Lipinski definition) is 1. The molecule has 2 nitrogen and oxygen atoms in total. The van der Waals surface area contributed by atoms with Crippen molar-refractivity contribution in [3.05, 3.63) is 59.2 Å². The van der Waals surface area contributed by atoms with Gasteiger partial charge in [-0.3, -0.25) is 0 Å². The first-order chi connectivity index (χ1) is 9.13. The molecule has 0 bridgehead atoms. The van der Waals surface area contributed by atoms with Gasteiger partial charge in [-0.25, -0.2) is 8.78 Å². The van der Waals surface area contributed by atoms with Crippen molar-refractivity contribution in [2.24, 2.45) is 0 Å². The van der Waals surface area contributed by atoms with E-state index < -0.39 is 11.6 Å². The first-order valence-corrected chi connectivity index (χ1v) is 5.89. The van der Waals surface area contributed by atoms with Crippen LogP contribution in [0.1, 0.15) is 18.1 Å². The zero-order valence-electron chi connectivity index (χ0n) is 10.4. The molecular formula is C15H12F2N2. The summed E-state index contributed by atoms with van der Waals surface area (Å²) in [5, 5.41) is 11.3. The van der Waals surface area contributed by atoms with Crippen LogP contribution in [-0.4, -0.2) is 0 Å². The molecule has 0 aliphatic rings. The number of nitrogens with one attached hydrogen (secondary N) is 1. The smallest absolute Gasteiger partial charge is 0.150 e. The second-order valence-electron chi connectivity index (χ2n) is 4.10. The standard InChI is InChI=1S/C15H12F2N2/c1-2-10-3-5-12(6-4-10)19-15-13(16)7-11(9-18)8-14(15)17/h3-8,19H,2H2,1H3. The van der Waals surface area contributed by atoms with E-state index in [0.717, 1.165) is 24.1 Å². The van der Waals surface area contributed by atoms with E-state index in [-0.39, 0.29) is 11.3 Å². The molecule has 0 aromatic heterocycles. The number of anilines is 2. The van der Waals surface area contributed by atoms with Crippen LogP contribution in [0.3, 0.4) is 0 Å². The molecule has 96 valence electrons. The molecule has 0 saturated carbocycles. The van der Waals surface area contributed by atoms with E-state index in [1.54, 1.807) is 18.2 Å².